The molecule has 1 unspecified atom stereocenters. The lowest BCUT2D eigenvalue weighted by Crippen LogP contribution is -2.40. The fraction of sp³-hybridized carbons (Fsp3) is 0.500. The summed E-state index contributed by atoms with van der Waals surface area (Å²) in [5, 5.41) is 11.5. The summed E-state index contributed by atoms with van der Waals surface area (Å²) >= 11 is 0. The Balaban J connectivity index is 1.90. The van der Waals surface area contributed by atoms with Gasteiger partial charge in [-0.2, -0.15) is 0 Å². The molecule has 1 fully saturated rings. The molecular formula is C16H20FNO3. The van der Waals surface area contributed by atoms with Crippen LogP contribution in [-0.4, -0.2) is 23.0 Å². The molecule has 0 aromatic heterocycles. The van der Waals surface area contributed by atoms with Gasteiger partial charge in [0.1, 0.15) is 5.82 Å². The lowest BCUT2D eigenvalue weighted by molar-refractivity contribution is -0.137. The average molecular weight is 293 g/mol. The Morgan fingerprint density at radius 1 is 1.33 bits per heavy atom. The molecule has 5 heteroatoms. The zero-order valence-electron chi connectivity index (χ0n) is 12.1. The molecular weight excluding hydrogens is 273 g/mol. The molecule has 0 heterocycles. The highest BCUT2D eigenvalue weighted by Crippen LogP contribution is 2.48. The third-order valence-corrected chi connectivity index (χ3v) is 3.99. The Hall–Kier alpha value is -1.91. The van der Waals surface area contributed by atoms with Gasteiger partial charge in [-0.25, -0.2) is 4.39 Å². The third kappa shape index (κ3) is 3.80. The predicted octanol–water partition coefficient (Wildman–Crippen LogP) is 2.62. The van der Waals surface area contributed by atoms with E-state index in [1.54, 1.807) is 12.1 Å². The highest BCUT2D eigenvalue weighted by Gasteiger charge is 2.51. The summed E-state index contributed by atoms with van der Waals surface area (Å²) in [6.45, 7) is 1.88. The highest BCUT2D eigenvalue weighted by atomic mass is 19.1. The van der Waals surface area contributed by atoms with Crippen LogP contribution < -0.4 is 5.32 Å². The Morgan fingerprint density at radius 2 is 1.95 bits per heavy atom. The van der Waals surface area contributed by atoms with Crippen molar-refractivity contribution < 1.29 is 19.1 Å². The number of carboxylic acids is 1. The van der Waals surface area contributed by atoms with E-state index in [0.29, 0.717) is 12.8 Å². The van der Waals surface area contributed by atoms with Crippen molar-refractivity contribution in [3.8, 4) is 0 Å². The lowest BCUT2D eigenvalue weighted by Gasteiger charge is -2.20. The minimum atomic E-state index is -0.821. The van der Waals surface area contributed by atoms with Gasteiger partial charge in [0.2, 0.25) is 5.91 Å². The van der Waals surface area contributed by atoms with Crippen LogP contribution in [0.25, 0.3) is 0 Å². The molecule has 2 N–H and O–H groups in total. The van der Waals surface area contributed by atoms with E-state index < -0.39 is 11.4 Å². The summed E-state index contributed by atoms with van der Waals surface area (Å²) in [4.78, 5) is 22.9. The first-order valence-electron chi connectivity index (χ1n) is 7.23. The maximum Gasteiger partial charge on any atom is 0.303 e. The largest absolute Gasteiger partial charge is 0.481 e. The number of carboxylic acid groups (broad SMARTS) is 1. The van der Waals surface area contributed by atoms with E-state index in [4.69, 9.17) is 5.11 Å². The SMILES string of the molecule is CC(CCCC(=O)O)NC(=O)C1(c2ccc(F)cc2)CC1. The number of hydrogen-bond donors (Lipinski definition) is 2. The summed E-state index contributed by atoms with van der Waals surface area (Å²) in [6.07, 6.45) is 2.83. The molecule has 0 saturated heterocycles. The highest BCUT2D eigenvalue weighted by molar-refractivity contribution is 5.91. The first-order chi connectivity index (χ1) is 9.94. The second-order valence-electron chi connectivity index (χ2n) is 5.75. The molecule has 114 valence electrons. The maximum absolute atomic E-state index is 13.0. The van der Waals surface area contributed by atoms with Crippen molar-refractivity contribution in [2.24, 2.45) is 0 Å². The van der Waals surface area contributed by atoms with Gasteiger partial charge >= 0.3 is 5.97 Å². The number of amides is 1. The molecule has 0 aliphatic heterocycles. The van der Waals surface area contributed by atoms with E-state index in [0.717, 1.165) is 18.4 Å². The molecule has 1 aromatic carbocycles. The van der Waals surface area contributed by atoms with E-state index in [1.807, 2.05) is 6.92 Å². The minimum Gasteiger partial charge on any atom is -0.481 e. The summed E-state index contributed by atoms with van der Waals surface area (Å²) in [7, 11) is 0. The zero-order chi connectivity index (χ0) is 15.5. The minimum absolute atomic E-state index is 0.0445. The van der Waals surface area contributed by atoms with E-state index in [1.165, 1.54) is 12.1 Å². The monoisotopic (exact) mass is 293 g/mol. The Kier molecular flexibility index (Phi) is 4.60. The molecule has 0 spiro atoms. The number of nitrogens with one attached hydrogen (secondary N) is 1. The number of rotatable bonds is 7. The van der Waals surface area contributed by atoms with Gasteiger partial charge in [-0.3, -0.25) is 9.59 Å². The zero-order valence-corrected chi connectivity index (χ0v) is 12.1. The van der Waals surface area contributed by atoms with Gasteiger partial charge in [0, 0.05) is 12.5 Å². The van der Waals surface area contributed by atoms with Gasteiger partial charge in [-0.05, 0) is 50.3 Å². The predicted molar refractivity (Wildman–Crippen MR) is 76.4 cm³/mol. The number of hydrogen-bond acceptors (Lipinski definition) is 2. The van der Waals surface area contributed by atoms with Crippen LogP contribution in [0.15, 0.2) is 24.3 Å². The van der Waals surface area contributed by atoms with Crippen LogP contribution in [0.2, 0.25) is 0 Å². The molecule has 1 amide bonds. The van der Waals surface area contributed by atoms with Crippen LogP contribution in [0.1, 0.15) is 44.6 Å². The fourth-order valence-electron chi connectivity index (χ4n) is 2.53. The van der Waals surface area contributed by atoms with Crippen LogP contribution in [0.4, 0.5) is 4.39 Å². The van der Waals surface area contributed by atoms with Crippen molar-refractivity contribution in [2.75, 3.05) is 0 Å². The molecule has 0 radical (unpaired) electrons. The van der Waals surface area contributed by atoms with Crippen LogP contribution in [0, 0.1) is 5.82 Å². The fourth-order valence-corrected chi connectivity index (χ4v) is 2.53. The molecule has 1 saturated carbocycles. The van der Waals surface area contributed by atoms with Gasteiger partial charge in [0.05, 0.1) is 5.41 Å². The van der Waals surface area contributed by atoms with Crippen molar-refractivity contribution >= 4 is 11.9 Å². The van der Waals surface area contributed by atoms with Crippen LogP contribution in [0.5, 0.6) is 0 Å². The maximum atomic E-state index is 13.0. The number of benzene rings is 1. The second-order valence-corrected chi connectivity index (χ2v) is 5.75. The lowest BCUT2D eigenvalue weighted by atomic mass is 9.94. The number of carbonyl (C=O) groups excluding carboxylic acids is 1. The van der Waals surface area contributed by atoms with E-state index >= 15 is 0 Å². The smallest absolute Gasteiger partial charge is 0.303 e. The standard InChI is InChI=1S/C16H20FNO3/c1-11(3-2-4-14(19)20)18-15(21)16(9-10-16)12-5-7-13(17)8-6-12/h5-8,11H,2-4,9-10H2,1H3,(H,18,21)(H,19,20). The third-order valence-electron chi connectivity index (χ3n) is 3.99. The Labute approximate surface area is 123 Å². The van der Waals surface area contributed by atoms with E-state index in [2.05, 4.69) is 5.32 Å². The average Bonchev–Trinajstić information content (AvgIpc) is 3.20. The van der Waals surface area contributed by atoms with Crippen LogP contribution in [0.3, 0.4) is 0 Å². The van der Waals surface area contributed by atoms with Gasteiger partial charge in [-0.15, -0.1) is 0 Å². The van der Waals surface area contributed by atoms with Gasteiger partial charge in [-0.1, -0.05) is 12.1 Å². The first kappa shape index (κ1) is 15.5. The molecule has 1 aliphatic rings. The van der Waals surface area contributed by atoms with Crippen molar-refractivity contribution in [2.45, 2.75) is 50.5 Å². The summed E-state index contributed by atoms with van der Waals surface area (Å²) < 4.78 is 13.0. The molecule has 21 heavy (non-hydrogen) atoms. The molecule has 1 atom stereocenters. The molecule has 0 bridgehead atoms. The van der Waals surface area contributed by atoms with Crippen molar-refractivity contribution in [3.63, 3.8) is 0 Å². The quantitative estimate of drug-likeness (QED) is 0.812. The van der Waals surface area contributed by atoms with E-state index in [-0.39, 0.29) is 24.2 Å². The molecule has 1 aromatic rings. The number of halogens is 1. The van der Waals surface area contributed by atoms with Crippen LogP contribution >= 0.6 is 0 Å². The molecule has 2 rings (SSSR count). The van der Waals surface area contributed by atoms with Gasteiger partial charge < -0.3 is 10.4 Å². The van der Waals surface area contributed by atoms with Crippen molar-refractivity contribution in [3.05, 3.63) is 35.6 Å². The normalized spacial score (nSPS) is 17.0. The second kappa shape index (κ2) is 6.24. The first-order valence-corrected chi connectivity index (χ1v) is 7.23. The molecule has 4 nitrogen and oxygen atoms in total. The topological polar surface area (TPSA) is 66.4 Å². The summed E-state index contributed by atoms with van der Waals surface area (Å²) in [5.74, 6) is -1.17. The number of aliphatic carboxylic acids is 1. The molecule has 1 aliphatic carbocycles. The Bertz CT molecular complexity index is 523. The number of carbonyl (C=O) groups is 2. The summed E-state index contributed by atoms with van der Waals surface area (Å²) in [6, 6.07) is 6.01. The van der Waals surface area contributed by atoms with Crippen molar-refractivity contribution in [1.29, 1.82) is 0 Å². The van der Waals surface area contributed by atoms with Crippen LogP contribution in [-0.2, 0) is 15.0 Å². The van der Waals surface area contributed by atoms with Gasteiger partial charge in [0.25, 0.3) is 0 Å². The van der Waals surface area contributed by atoms with Crippen molar-refractivity contribution in [1.82, 2.24) is 5.32 Å². The Morgan fingerprint density at radius 3 is 2.48 bits per heavy atom. The van der Waals surface area contributed by atoms with E-state index in [9.17, 15) is 14.0 Å². The summed E-state index contributed by atoms with van der Waals surface area (Å²) in [5.41, 5.74) is 0.327. The van der Waals surface area contributed by atoms with Gasteiger partial charge in [0.15, 0.2) is 0 Å².